The maximum atomic E-state index is 2.59. The van der Waals surface area contributed by atoms with Crippen LogP contribution in [0, 0.1) is 0 Å². The third-order valence-corrected chi connectivity index (χ3v) is 19.8. The van der Waals surface area contributed by atoms with Crippen molar-refractivity contribution >= 4 is 38.8 Å². The molecule has 0 fully saturated rings. The molecule has 0 bridgehead atoms. The molecule has 90 heavy (non-hydrogen) atoms. The molecule has 14 aromatic rings. The van der Waals surface area contributed by atoms with E-state index in [1.54, 1.807) is 0 Å². The minimum Gasteiger partial charge on any atom is -0.314 e. The molecule has 0 unspecified atom stereocenters. The Bertz CT molecular complexity index is 5090. The summed E-state index contributed by atoms with van der Waals surface area (Å²) < 4.78 is 2.56. The smallest absolute Gasteiger partial charge is 0.0726 e. The van der Waals surface area contributed by atoms with Crippen LogP contribution in [0.3, 0.4) is 0 Å². The number of benzene rings is 13. The lowest BCUT2D eigenvalue weighted by molar-refractivity contribution is 0.768. The summed E-state index contributed by atoms with van der Waals surface area (Å²) in [5.74, 6) is 0. The van der Waals surface area contributed by atoms with Crippen molar-refractivity contribution in [2.45, 2.75) is 37.5 Å². The van der Waals surface area contributed by atoms with Gasteiger partial charge in [0.25, 0.3) is 0 Å². The van der Waals surface area contributed by atoms with E-state index in [2.05, 4.69) is 337 Å². The normalized spacial score (nSPS) is 14.1. The van der Waals surface area contributed by atoms with E-state index in [9.17, 15) is 0 Å². The third-order valence-electron chi connectivity index (χ3n) is 19.8. The molecule has 2 nitrogen and oxygen atoms in total. The maximum Gasteiger partial charge on any atom is 0.0726 e. The zero-order valence-electron chi connectivity index (χ0n) is 50.5. The predicted molar refractivity (Wildman–Crippen MR) is 377 cm³/mol. The Labute approximate surface area is 527 Å². The van der Waals surface area contributed by atoms with E-state index < -0.39 is 10.8 Å². The van der Waals surface area contributed by atoms with Crippen LogP contribution >= 0.6 is 0 Å². The predicted octanol–water partition coefficient (Wildman–Crippen LogP) is 22.7. The van der Waals surface area contributed by atoms with Crippen LogP contribution in [-0.2, 0) is 10.8 Å². The van der Waals surface area contributed by atoms with Crippen molar-refractivity contribution in [2.24, 2.45) is 0 Å². The van der Waals surface area contributed by atoms with Gasteiger partial charge in [0.15, 0.2) is 0 Å². The largest absolute Gasteiger partial charge is 0.314 e. The number of para-hydroxylation sites is 1. The number of nitrogens with zero attached hydrogens (tertiary/aromatic N) is 2. The Balaban J connectivity index is 0.00000309. The quantitative estimate of drug-likeness (QED) is 0.140. The first-order chi connectivity index (χ1) is 44.7. The second kappa shape index (κ2) is 21.4. The Morgan fingerprint density at radius 3 is 1.44 bits per heavy atom. The average Bonchev–Trinajstić information content (AvgIpc) is 1.53. The highest BCUT2D eigenvalue weighted by Gasteiger charge is 2.52. The van der Waals surface area contributed by atoms with Crippen LogP contribution in [0.5, 0.6) is 0 Å². The summed E-state index contributed by atoms with van der Waals surface area (Å²) in [5.41, 5.74) is 31.5. The SMILES string of the molecule is C1=CC(c2ccccc2-c2ccc3c4ccccc4n(-c4cccc5c4-c4ccccc4C5(c4ccccc4)c4ccccc4)c3c2)=C(N(c2ccc(-c3ccccc3)cc2)c2ccc3c(c2)C2(c4ccccc4-c4ccccc42)c2ccccc2-3)CC1.CC. The molecule has 2 heteroatoms. The maximum absolute atomic E-state index is 2.59. The van der Waals surface area contributed by atoms with E-state index >= 15 is 0 Å². The number of fused-ring (bicyclic) bond motifs is 16. The topological polar surface area (TPSA) is 8.17 Å². The van der Waals surface area contributed by atoms with Gasteiger partial charge in [0, 0.05) is 39.0 Å². The summed E-state index contributed by atoms with van der Waals surface area (Å²) in [7, 11) is 0. The van der Waals surface area contributed by atoms with Crippen LogP contribution in [0.15, 0.2) is 333 Å². The second-order valence-electron chi connectivity index (χ2n) is 24.0. The number of hydrogen-bond donors (Lipinski definition) is 0. The van der Waals surface area contributed by atoms with E-state index in [4.69, 9.17) is 0 Å². The van der Waals surface area contributed by atoms with Crippen molar-refractivity contribution in [3.05, 3.63) is 383 Å². The Morgan fingerprint density at radius 1 is 0.322 bits per heavy atom. The highest BCUT2D eigenvalue weighted by molar-refractivity contribution is 6.12. The monoisotopic (exact) mass is 1150 g/mol. The molecule has 0 radical (unpaired) electrons. The number of aromatic nitrogens is 1. The van der Waals surface area contributed by atoms with Crippen molar-refractivity contribution in [3.8, 4) is 61.3 Å². The van der Waals surface area contributed by atoms with E-state index in [1.807, 2.05) is 13.8 Å². The molecule has 13 aromatic carbocycles. The van der Waals surface area contributed by atoms with E-state index in [0.29, 0.717) is 0 Å². The first-order valence-corrected chi connectivity index (χ1v) is 32.0. The number of hydrogen-bond acceptors (Lipinski definition) is 1. The van der Waals surface area contributed by atoms with Gasteiger partial charge in [-0.2, -0.15) is 0 Å². The lowest BCUT2D eigenvalue weighted by Gasteiger charge is -2.34. The van der Waals surface area contributed by atoms with Crippen LogP contribution < -0.4 is 4.90 Å². The molecule has 1 spiro atoms. The minimum absolute atomic E-state index is 0.481. The van der Waals surface area contributed by atoms with E-state index in [-0.39, 0.29) is 0 Å². The van der Waals surface area contributed by atoms with E-state index in [0.717, 1.165) is 24.2 Å². The molecule has 0 amide bonds. The van der Waals surface area contributed by atoms with Gasteiger partial charge in [-0.3, -0.25) is 0 Å². The van der Waals surface area contributed by atoms with Crippen LogP contribution in [0.25, 0.3) is 88.7 Å². The molecule has 0 saturated heterocycles. The van der Waals surface area contributed by atoms with Crippen molar-refractivity contribution in [1.29, 1.82) is 0 Å². The molecular formula is C88H64N2. The van der Waals surface area contributed by atoms with Crippen molar-refractivity contribution < 1.29 is 0 Å². The molecule has 0 N–H and O–H groups in total. The molecule has 0 atom stereocenters. The van der Waals surface area contributed by atoms with Gasteiger partial charge >= 0.3 is 0 Å². The molecule has 0 aliphatic heterocycles. The second-order valence-corrected chi connectivity index (χ2v) is 24.0. The summed E-state index contributed by atoms with van der Waals surface area (Å²) in [6, 6.07) is 119. The Kier molecular flexibility index (Phi) is 12.6. The average molecular weight is 1150 g/mol. The van der Waals surface area contributed by atoms with Crippen LogP contribution in [-0.4, -0.2) is 4.57 Å². The highest BCUT2D eigenvalue weighted by atomic mass is 15.2. The zero-order valence-corrected chi connectivity index (χ0v) is 50.5. The molecule has 1 aromatic heterocycles. The van der Waals surface area contributed by atoms with Gasteiger partial charge in [-0.05, 0) is 155 Å². The van der Waals surface area contributed by atoms with Gasteiger partial charge in [0.1, 0.15) is 0 Å². The number of allylic oxidation sites excluding steroid dienone is 4. The zero-order chi connectivity index (χ0) is 59.9. The van der Waals surface area contributed by atoms with Gasteiger partial charge < -0.3 is 9.47 Å². The Morgan fingerprint density at radius 2 is 0.800 bits per heavy atom. The van der Waals surface area contributed by atoms with Crippen molar-refractivity contribution in [2.75, 3.05) is 4.90 Å². The summed E-state index contributed by atoms with van der Waals surface area (Å²) >= 11 is 0. The van der Waals surface area contributed by atoms with Crippen LogP contribution in [0.2, 0.25) is 0 Å². The fourth-order valence-electron chi connectivity index (χ4n) is 16.3. The third kappa shape index (κ3) is 7.71. The molecule has 1 heterocycles. The van der Waals surface area contributed by atoms with Crippen molar-refractivity contribution in [1.82, 2.24) is 4.57 Å². The molecule has 4 aliphatic rings. The minimum atomic E-state index is -0.524. The molecule has 18 rings (SSSR count). The van der Waals surface area contributed by atoms with Crippen molar-refractivity contribution in [3.63, 3.8) is 0 Å². The number of anilines is 2. The van der Waals surface area contributed by atoms with Gasteiger partial charge in [0.05, 0.1) is 27.6 Å². The number of rotatable bonds is 9. The lowest BCUT2D eigenvalue weighted by Crippen LogP contribution is -2.28. The van der Waals surface area contributed by atoms with E-state index in [1.165, 1.54) is 144 Å². The Hall–Kier alpha value is -11.1. The lowest BCUT2D eigenvalue weighted by atomic mass is 9.68. The highest BCUT2D eigenvalue weighted by Crippen LogP contribution is 2.64. The first-order valence-electron chi connectivity index (χ1n) is 32.0. The fourth-order valence-corrected chi connectivity index (χ4v) is 16.3. The van der Waals surface area contributed by atoms with Gasteiger partial charge in [0.2, 0.25) is 0 Å². The fraction of sp³-hybridized carbons (Fsp3) is 0.0682. The summed E-state index contributed by atoms with van der Waals surface area (Å²) in [6.45, 7) is 4.00. The van der Waals surface area contributed by atoms with Crippen LogP contribution in [0.4, 0.5) is 11.4 Å². The first kappa shape index (κ1) is 53.2. The molecular weight excluding hydrogens is 1080 g/mol. The summed E-state index contributed by atoms with van der Waals surface area (Å²) in [6.07, 6.45) is 6.57. The standard InChI is InChI=1S/C86H58N2.C2H6/c1-4-25-57(26-5-1)58-47-50-62(51-48-58)87(63-52-54-69-68-35-14-20-41-76(68)86(79(69)56-63)74-39-18-12-33-66(74)67-34-13-19-40-75(67)86)80-44-22-16-36-70(80)65-32-11-10-31-64(65)59-49-53-72-71-37-17-23-45-81(71)88(83(72)55-59)82-46-24-43-78-84(82)73-38-15-21-42-77(73)85(78,60-27-6-2-7-28-60)61-29-8-3-9-30-61;1-2/h1-21,23-43,45-56H,22,44H2;1-2H3. The summed E-state index contributed by atoms with van der Waals surface area (Å²) in [5, 5.41) is 2.46. The van der Waals surface area contributed by atoms with Gasteiger partial charge in [-0.15, -0.1) is 0 Å². The van der Waals surface area contributed by atoms with Gasteiger partial charge in [-0.1, -0.05) is 299 Å². The molecule has 0 saturated carbocycles. The van der Waals surface area contributed by atoms with Crippen LogP contribution in [0.1, 0.15) is 76.8 Å². The molecule has 4 aliphatic carbocycles. The summed E-state index contributed by atoms with van der Waals surface area (Å²) in [4.78, 5) is 2.59. The van der Waals surface area contributed by atoms with Gasteiger partial charge in [-0.25, -0.2) is 0 Å². The molecule has 426 valence electrons.